The number of hydrogen-bond donors (Lipinski definition) is 3. The Kier molecular flexibility index (Phi) is 5.76. The first kappa shape index (κ1) is 13.8. The van der Waals surface area contributed by atoms with Gasteiger partial charge < -0.3 is 21.3 Å². The minimum absolute atomic E-state index is 0.000213. The minimum atomic E-state index is -0.463. The van der Waals surface area contributed by atoms with E-state index in [2.05, 4.69) is 10.6 Å². The zero-order valence-electron chi connectivity index (χ0n) is 10.4. The molecule has 1 aliphatic heterocycles. The van der Waals surface area contributed by atoms with Crippen LogP contribution < -0.4 is 16.4 Å². The summed E-state index contributed by atoms with van der Waals surface area (Å²) in [5.74, 6) is -0.463. The molecule has 6 heteroatoms. The molecule has 0 spiro atoms. The van der Waals surface area contributed by atoms with E-state index in [9.17, 15) is 9.59 Å². The molecule has 1 heterocycles. The van der Waals surface area contributed by atoms with Gasteiger partial charge in [-0.05, 0) is 32.4 Å². The van der Waals surface area contributed by atoms with E-state index in [1.807, 2.05) is 6.92 Å². The van der Waals surface area contributed by atoms with Crippen LogP contribution >= 0.6 is 0 Å². The molecule has 17 heavy (non-hydrogen) atoms. The van der Waals surface area contributed by atoms with Gasteiger partial charge in [-0.1, -0.05) is 6.92 Å². The SMILES string of the molecule is CCCNC(=O)N(CC(N)=O)C1CCNCC1. The number of primary amides is 1. The van der Waals surface area contributed by atoms with E-state index in [0.29, 0.717) is 6.54 Å². The topological polar surface area (TPSA) is 87.5 Å². The summed E-state index contributed by atoms with van der Waals surface area (Å²) in [5.41, 5.74) is 5.19. The van der Waals surface area contributed by atoms with Crippen molar-refractivity contribution in [3.05, 3.63) is 0 Å². The predicted molar refractivity (Wildman–Crippen MR) is 65.5 cm³/mol. The summed E-state index contributed by atoms with van der Waals surface area (Å²) in [6.07, 6.45) is 2.61. The molecular formula is C11H22N4O2. The fraction of sp³-hybridized carbons (Fsp3) is 0.818. The van der Waals surface area contributed by atoms with Crippen LogP contribution in [0.15, 0.2) is 0 Å². The highest BCUT2D eigenvalue weighted by Crippen LogP contribution is 2.11. The summed E-state index contributed by atoms with van der Waals surface area (Å²) in [5, 5.41) is 6.02. The molecule has 1 fully saturated rings. The largest absolute Gasteiger partial charge is 0.368 e. The highest BCUT2D eigenvalue weighted by molar-refractivity contribution is 5.83. The second-order valence-electron chi connectivity index (χ2n) is 4.31. The molecule has 1 rings (SSSR count). The van der Waals surface area contributed by atoms with Crippen molar-refractivity contribution in [3.63, 3.8) is 0 Å². The number of piperidine rings is 1. The quantitative estimate of drug-likeness (QED) is 0.615. The van der Waals surface area contributed by atoms with Crippen molar-refractivity contribution in [2.75, 3.05) is 26.2 Å². The molecule has 0 aliphatic carbocycles. The lowest BCUT2D eigenvalue weighted by molar-refractivity contribution is -0.119. The molecular weight excluding hydrogens is 220 g/mol. The molecule has 0 aromatic carbocycles. The molecule has 1 saturated heterocycles. The summed E-state index contributed by atoms with van der Waals surface area (Å²) in [6, 6.07) is -0.0712. The number of amides is 3. The Morgan fingerprint density at radius 3 is 2.59 bits per heavy atom. The fourth-order valence-corrected chi connectivity index (χ4v) is 1.99. The Bertz CT molecular complexity index is 264. The minimum Gasteiger partial charge on any atom is -0.368 e. The van der Waals surface area contributed by atoms with Gasteiger partial charge in [-0.15, -0.1) is 0 Å². The molecule has 0 aromatic heterocycles. The predicted octanol–water partition coefficient (Wildman–Crippen LogP) is -0.355. The highest BCUT2D eigenvalue weighted by atomic mass is 16.2. The Labute approximate surface area is 102 Å². The maximum Gasteiger partial charge on any atom is 0.318 e. The van der Waals surface area contributed by atoms with Crippen molar-refractivity contribution in [3.8, 4) is 0 Å². The van der Waals surface area contributed by atoms with Gasteiger partial charge in [0.15, 0.2) is 0 Å². The van der Waals surface area contributed by atoms with Crippen LogP contribution in [0.4, 0.5) is 4.79 Å². The molecule has 0 atom stereocenters. The lowest BCUT2D eigenvalue weighted by Crippen LogP contribution is -2.52. The highest BCUT2D eigenvalue weighted by Gasteiger charge is 2.26. The molecule has 4 N–H and O–H groups in total. The second-order valence-corrected chi connectivity index (χ2v) is 4.31. The first-order valence-electron chi connectivity index (χ1n) is 6.18. The number of nitrogens with zero attached hydrogens (tertiary/aromatic N) is 1. The van der Waals surface area contributed by atoms with E-state index < -0.39 is 5.91 Å². The van der Waals surface area contributed by atoms with Gasteiger partial charge in [0.1, 0.15) is 6.54 Å². The molecule has 1 aliphatic rings. The monoisotopic (exact) mass is 242 g/mol. The number of carbonyl (C=O) groups excluding carboxylic acids is 2. The van der Waals surface area contributed by atoms with E-state index in [1.54, 1.807) is 4.90 Å². The first-order valence-corrected chi connectivity index (χ1v) is 6.18. The lowest BCUT2D eigenvalue weighted by Gasteiger charge is -2.33. The van der Waals surface area contributed by atoms with Gasteiger partial charge >= 0.3 is 6.03 Å². The molecule has 0 aromatic rings. The van der Waals surface area contributed by atoms with Gasteiger partial charge in [-0.3, -0.25) is 4.79 Å². The lowest BCUT2D eigenvalue weighted by atomic mass is 10.1. The average molecular weight is 242 g/mol. The van der Waals surface area contributed by atoms with Crippen molar-refractivity contribution in [1.82, 2.24) is 15.5 Å². The summed E-state index contributed by atoms with van der Waals surface area (Å²) >= 11 is 0. The van der Waals surface area contributed by atoms with Gasteiger partial charge in [-0.2, -0.15) is 0 Å². The van der Waals surface area contributed by atoms with Gasteiger partial charge in [0, 0.05) is 12.6 Å². The molecule has 0 bridgehead atoms. The molecule has 98 valence electrons. The van der Waals surface area contributed by atoms with Crippen molar-refractivity contribution in [2.45, 2.75) is 32.2 Å². The van der Waals surface area contributed by atoms with Crippen molar-refractivity contribution in [1.29, 1.82) is 0 Å². The van der Waals surface area contributed by atoms with Crippen molar-refractivity contribution < 1.29 is 9.59 Å². The summed E-state index contributed by atoms with van der Waals surface area (Å²) in [6.45, 7) is 4.37. The third-order valence-electron chi connectivity index (χ3n) is 2.86. The molecule has 0 unspecified atom stereocenters. The van der Waals surface area contributed by atoms with Crippen molar-refractivity contribution in [2.24, 2.45) is 5.73 Å². The Morgan fingerprint density at radius 2 is 2.06 bits per heavy atom. The fourth-order valence-electron chi connectivity index (χ4n) is 1.99. The third kappa shape index (κ3) is 4.60. The number of hydrogen-bond acceptors (Lipinski definition) is 3. The van der Waals surface area contributed by atoms with Crippen LogP contribution in [0.25, 0.3) is 0 Å². The third-order valence-corrected chi connectivity index (χ3v) is 2.86. The van der Waals surface area contributed by atoms with E-state index in [1.165, 1.54) is 0 Å². The number of nitrogens with two attached hydrogens (primary N) is 1. The number of carbonyl (C=O) groups is 2. The van der Waals surface area contributed by atoms with Gasteiger partial charge in [0.05, 0.1) is 0 Å². The standard InChI is InChI=1S/C11H22N4O2/c1-2-5-14-11(17)15(8-10(12)16)9-3-6-13-7-4-9/h9,13H,2-8H2,1H3,(H2,12,16)(H,14,17). The smallest absolute Gasteiger partial charge is 0.318 e. The van der Waals surface area contributed by atoms with Crippen LogP contribution in [0, 0.1) is 0 Å². The maximum atomic E-state index is 11.9. The molecule has 0 saturated carbocycles. The number of rotatable bonds is 5. The average Bonchev–Trinajstić information content (AvgIpc) is 2.34. The van der Waals surface area contributed by atoms with Crippen LogP contribution in [-0.4, -0.2) is 49.1 Å². The molecule has 6 nitrogen and oxygen atoms in total. The number of urea groups is 1. The van der Waals surface area contributed by atoms with Gasteiger partial charge in [0.25, 0.3) is 0 Å². The van der Waals surface area contributed by atoms with Crippen LogP contribution in [0.3, 0.4) is 0 Å². The summed E-state index contributed by atoms with van der Waals surface area (Å²) in [4.78, 5) is 24.5. The summed E-state index contributed by atoms with van der Waals surface area (Å²) < 4.78 is 0. The second kappa shape index (κ2) is 7.11. The Hall–Kier alpha value is -1.30. The normalized spacial score (nSPS) is 16.5. The Morgan fingerprint density at radius 1 is 1.41 bits per heavy atom. The first-order chi connectivity index (χ1) is 8.15. The zero-order valence-corrected chi connectivity index (χ0v) is 10.4. The van der Waals surface area contributed by atoms with Crippen LogP contribution in [-0.2, 0) is 4.79 Å². The molecule has 0 radical (unpaired) electrons. The van der Waals surface area contributed by atoms with E-state index >= 15 is 0 Å². The van der Waals surface area contributed by atoms with E-state index in [-0.39, 0.29) is 18.6 Å². The summed E-state index contributed by atoms with van der Waals surface area (Å²) in [7, 11) is 0. The Balaban J connectivity index is 2.57. The van der Waals surface area contributed by atoms with Gasteiger partial charge in [-0.25, -0.2) is 4.79 Å². The molecule has 3 amide bonds. The maximum absolute atomic E-state index is 11.9. The van der Waals surface area contributed by atoms with Crippen LogP contribution in [0.1, 0.15) is 26.2 Å². The van der Waals surface area contributed by atoms with E-state index in [4.69, 9.17) is 5.73 Å². The van der Waals surface area contributed by atoms with Crippen LogP contribution in [0.5, 0.6) is 0 Å². The van der Waals surface area contributed by atoms with Crippen LogP contribution in [0.2, 0.25) is 0 Å². The van der Waals surface area contributed by atoms with Crippen molar-refractivity contribution >= 4 is 11.9 Å². The van der Waals surface area contributed by atoms with E-state index in [0.717, 1.165) is 32.4 Å². The zero-order chi connectivity index (χ0) is 12.7. The number of nitrogens with one attached hydrogen (secondary N) is 2. The van der Waals surface area contributed by atoms with Gasteiger partial charge in [0.2, 0.25) is 5.91 Å².